The summed E-state index contributed by atoms with van der Waals surface area (Å²) in [5.41, 5.74) is 5.03. The monoisotopic (exact) mass is 749 g/mol. The summed E-state index contributed by atoms with van der Waals surface area (Å²) < 4.78 is 32.5. The van der Waals surface area contributed by atoms with Crippen molar-refractivity contribution < 1.29 is 37.8 Å². The highest BCUT2D eigenvalue weighted by atomic mass is 35.5. The van der Waals surface area contributed by atoms with E-state index < -0.39 is 13.1 Å². The van der Waals surface area contributed by atoms with Crippen LogP contribution in [0, 0.1) is 5.41 Å². The first-order valence-corrected chi connectivity index (χ1v) is 17.9. The fourth-order valence-corrected chi connectivity index (χ4v) is 6.69. The summed E-state index contributed by atoms with van der Waals surface area (Å²) in [4.78, 5) is 32.3. The van der Waals surface area contributed by atoms with Crippen LogP contribution in [-0.4, -0.2) is 101 Å². The number of H-pyrrole nitrogens is 2. The molecule has 0 aliphatic carbocycles. The topological polar surface area (TPSA) is 124 Å². The average Bonchev–Trinajstić information content (AvgIpc) is 3.76. The van der Waals surface area contributed by atoms with Crippen LogP contribution in [0.5, 0.6) is 5.75 Å². The maximum absolute atomic E-state index is 12.0. The molecule has 11 nitrogen and oxygen atoms in total. The molecule has 0 radical (unpaired) electrons. The predicted molar refractivity (Wildman–Crippen MR) is 203 cm³/mol. The Kier molecular flexibility index (Phi) is 12.1. The van der Waals surface area contributed by atoms with Crippen LogP contribution >= 0.6 is 23.2 Å². The molecular weight excluding hydrogens is 708 g/mol. The Morgan fingerprint density at radius 2 is 1.42 bits per heavy atom. The molecule has 14 heteroatoms. The minimum Gasteiger partial charge on any atom is -0.494 e. The molecule has 5 aromatic rings. The number of hydrogen-bond acceptors (Lipinski definition) is 9. The Balaban J connectivity index is 0.000000187. The molecule has 0 bridgehead atoms. The van der Waals surface area contributed by atoms with E-state index in [1.165, 1.54) is 14.2 Å². The number of nitrogens with one attached hydrogen (secondary N) is 2. The van der Waals surface area contributed by atoms with E-state index in [0.717, 1.165) is 83.4 Å². The molecule has 3 aromatic carbocycles. The number of methoxy groups -OCH3 is 2. The molecule has 4 heterocycles. The summed E-state index contributed by atoms with van der Waals surface area (Å²) in [6.07, 6.45) is 4.24. The number of ether oxygens (including phenoxy) is 4. The highest BCUT2D eigenvalue weighted by Gasteiger charge is 2.35. The van der Waals surface area contributed by atoms with E-state index in [-0.39, 0.29) is 11.4 Å². The minimum atomic E-state index is -0.523. The molecule has 0 unspecified atom stereocenters. The number of morpholine rings is 1. The van der Waals surface area contributed by atoms with Gasteiger partial charge in [-0.15, -0.1) is 0 Å². The molecule has 2 saturated heterocycles. The normalized spacial score (nSPS) is 16.0. The molecule has 274 valence electrons. The molecule has 52 heavy (non-hydrogen) atoms. The first kappa shape index (κ1) is 37.7. The largest absolute Gasteiger partial charge is 0.495 e. The molecule has 2 aliphatic rings. The number of aromatic amines is 2. The molecule has 7 rings (SSSR count). The third kappa shape index (κ3) is 8.77. The quantitative estimate of drug-likeness (QED) is 0.0957. The van der Waals surface area contributed by atoms with Crippen molar-refractivity contribution in [2.75, 3.05) is 66.9 Å². The first-order valence-electron chi connectivity index (χ1n) is 17.1. The lowest BCUT2D eigenvalue weighted by Crippen LogP contribution is -2.47. The van der Waals surface area contributed by atoms with E-state index in [4.69, 9.17) is 51.5 Å². The van der Waals surface area contributed by atoms with Gasteiger partial charge in [0.25, 0.3) is 0 Å². The highest BCUT2D eigenvalue weighted by Crippen LogP contribution is 2.34. The van der Waals surface area contributed by atoms with Gasteiger partial charge < -0.3 is 38.2 Å². The van der Waals surface area contributed by atoms with Crippen molar-refractivity contribution in [3.05, 3.63) is 82.1 Å². The van der Waals surface area contributed by atoms with Crippen LogP contribution < -0.4 is 10.2 Å². The smallest absolute Gasteiger partial charge is 0.494 e. The molecule has 0 spiro atoms. The van der Waals surface area contributed by atoms with Crippen molar-refractivity contribution in [3.8, 4) is 16.9 Å². The number of fused-ring (bicyclic) bond motifs is 2. The van der Waals surface area contributed by atoms with E-state index in [1.54, 1.807) is 18.5 Å². The van der Waals surface area contributed by atoms with Gasteiger partial charge in [0.15, 0.2) is 0 Å². The number of carbonyl (C=O) groups is 2. The summed E-state index contributed by atoms with van der Waals surface area (Å²) in [5.74, 6) is 0.0521. The second-order valence-corrected chi connectivity index (χ2v) is 14.3. The zero-order valence-corrected chi connectivity index (χ0v) is 31.2. The Hall–Kier alpha value is -4.04. The molecule has 0 atom stereocenters. The summed E-state index contributed by atoms with van der Waals surface area (Å²) in [6, 6.07) is 15.2. The number of benzene rings is 3. The summed E-state index contributed by atoms with van der Waals surface area (Å²) in [7, 11) is 2.20. The Bertz CT molecular complexity index is 2010. The van der Waals surface area contributed by atoms with Gasteiger partial charge in [-0.25, -0.2) is 9.59 Å². The predicted octanol–water partition coefficient (Wildman–Crippen LogP) is 6.75. The van der Waals surface area contributed by atoms with Crippen molar-refractivity contribution in [3.63, 3.8) is 0 Å². The molecule has 0 amide bonds. The van der Waals surface area contributed by atoms with Crippen molar-refractivity contribution in [2.45, 2.75) is 20.3 Å². The lowest BCUT2D eigenvalue weighted by Gasteiger charge is -2.33. The second-order valence-electron chi connectivity index (χ2n) is 13.5. The highest BCUT2D eigenvalue weighted by molar-refractivity contribution is 6.65. The summed E-state index contributed by atoms with van der Waals surface area (Å²) in [6.45, 7) is 10.7. The van der Waals surface area contributed by atoms with Crippen molar-refractivity contribution >= 4 is 69.5 Å². The van der Waals surface area contributed by atoms with Gasteiger partial charge in [-0.05, 0) is 42.3 Å². The summed E-state index contributed by atoms with van der Waals surface area (Å²) >= 11 is 12.8. The third-order valence-corrected chi connectivity index (χ3v) is 9.68. The Morgan fingerprint density at radius 3 is 2.02 bits per heavy atom. The van der Waals surface area contributed by atoms with E-state index in [0.29, 0.717) is 41.0 Å². The lowest BCUT2D eigenvalue weighted by atomic mass is 9.75. The van der Waals surface area contributed by atoms with E-state index in [1.807, 2.05) is 42.5 Å². The number of rotatable bonds is 9. The first-order chi connectivity index (χ1) is 25.1. The molecule has 2 fully saturated rings. The van der Waals surface area contributed by atoms with Crippen LogP contribution in [0.15, 0.2) is 60.9 Å². The lowest BCUT2D eigenvalue weighted by molar-refractivity contribution is 0.0343. The van der Waals surface area contributed by atoms with Crippen LogP contribution in [0.2, 0.25) is 10.0 Å². The standard InChI is InChI=1S/C23H25ClN2O4.C15H17BClNO4/c1-28-23(27)20-15-25-22-14-21(24)18(13-19(20)22)16-3-5-17(6-4-16)30-10-2-7-26-8-11-29-12-9-26;1-15(2)7-21-16(22-8-15)11-4-9-10(14(19)20-3)6-18-13(9)5-12(11)17/h3-6,13-15,25H,2,7-12H2,1H3;4-6,18H,7-8H2,1-3H3. The molecular formula is C38H42BCl2N3O8. The van der Waals surface area contributed by atoms with E-state index >= 15 is 0 Å². The fraction of sp³-hybridized carbons (Fsp3) is 0.368. The third-order valence-electron chi connectivity index (χ3n) is 9.04. The van der Waals surface area contributed by atoms with Gasteiger partial charge in [0, 0.05) is 88.5 Å². The van der Waals surface area contributed by atoms with Crippen molar-refractivity contribution in [2.24, 2.45) is 5.41 Å². The van der Waals surface area contributed by atoms with Gasteiger partial charge in [0.05, 0.1) is 50.2 Å². The Morgan fingerprint density at radius 1 is 0.846 bits per heavy atom. The maximum atomic E-state index is 12.0. The number of aromatic nitrogens is 2. The number of hydrogen-bond donors (Lipinski definition) is 2. The molecule has 2 N–H and O–H groups in total. The number of nitrogens with zero attached hydrogens (tertiary/aromatic N) is 1. The van der Waals surface area contributed by atoms with Crippen LogP contribution in [-0.2, 0) is 23.5 Å². The van der Waals surface area contributed by atoms with E-state index in [2.05, 4.69) is 28.7 Å². The van der Waals surface area contributed by atoms with Crippen molar-refractivity contribution in [1.82, 2.24) is 14.9 Å². The molecule has 2 aromatic heterocycles. The zero-order valence-electron chi connectivity index (χ0n) is 29.7. The maximum Gasteiger partial charge on any atom is 0.495 e. The van der Waals surface area contributed by atoms with Gasteiger partial charge in [0.2, 0.25) is 0 Å². The number of esters is 2. The van der Waals surface area contributed by atoms with Crippen LogP contribution in [0.4, 0.5) is 0 Å². The van der Waals surface area contributed by atoms with Gasteiger partial charge in [-0.1, -0.05) is 55.2 Å². The molecule has 2 aliphatic heterocycles. The Labute approximate surface area is 312 Å². The average molecular weight is 750 g/mol. The number of carbonyl (C=O) groups excluding carboxylic acids is 2. The zero-order chi connectivity index (χ0) is 36.8. The fourth-order valence-electron chi connectivity index (χ4n) is 6.17. The SMILES string of the molecule is COC(=O)c1c[nH]c2cc(Cl)c(-c3ccc(OCCCN4CCOCC4)cc3)cc12.COC(=O)c1c[nH]c2cc(Cl)c(B3OCC(C)(C)CO3)cc12. The van der Waals surface area contributed by atoms with Crippen LogP contribution in [0.3, 0.4) is 0 Å². The van der Waals surface area contributed by atoms with Crippen LogP contribution in [0.25, 0.3) is 32.9 Å². The second kappa shape index (κ2) is 16.8. The van der Waals surface area contributed by atoms with E-state index in [9.17, 15) is 9.59 Å². The number of halogens is 2. The van der Waals surface area contributed by atoms with Crippen molar-refractivity contribution in [1.29, 1.82) is 0 Å². The van der Waals surface area contributed by atoms with Gasteiger partial charge in [-0.3, -0.25) is 4.90 Å². The molecule has 0 saturated carbocycles. The van der Waals surface area contributed by atoms with Gasteiger partial charge in [-0.2, -0.15) is 0 Å². The van der Waals surface area contributed by atoms with Crippen LogP contribution in [0.1, 0.15) is 41.0 Å². The summed E-state index contributed by atoms with van der Waals surface area (Å²) in [5, 5.41) is 2.67. The van der Waals surface area contributed by atoms with Gasteiger partial charge >= 0.3 is 19.1 Å². The van der Waals surface area contributed by atoms with Gasteiger partial charge in [0.1, 0.15) is 5.75 Å². The minimum absolute atomic E-state index is 0.0155.